The summed E-state index contributed by atoms with van der Waals surface area (Å²) in [6.07, 6.45) is -0.776. The smallest absolute Gasteiger partial charge is 0.155 e. The molecule has 1 aromatic rings. The summed E-state index contributed by atoms with van der Waals surface area (Å²) in [7, 11) is 0. The maximum Gasteiger partial charge on any atom is 0.155 e. The summed E-state index contributed by atoms with van der Waals surface area (Å²) in [5.41, 5.74) is 0.508. The molecule has 7 nitrogen and oxygen atoms in total. The first kappa shape index (κ1) is 12.6. The van der Waals surface area contributed by atoms with Gasteiger partial charge in [-0.15, -0.1) is 0 Å². The standard InChI is InChI=1S/C9H15N3O4/c1-5(12-16)9-10-4-6(11-9)8(15)7(14)2-3-13/h4,7-8,13-16H,2-3H2,1H3,(H,10,11)/b12-5+. The third kappa shape index (κ3) is 2.78. The maximum atomic E-state index is 9.64. The van der Waals surface area contributed by atoms with Crippen LogP contribution < -0.4 is 0 Å². The lowest BCUT2D eigenvalue weighted by atomic mass is 10.1. The van der Waals surface area contributed by atoms with E-state index in [9.17, 15) is 10.2 Å². The van der Waals surface area contributed by atoms with E-state index in [2.05, 4.69) is 15.1 Å². The molecule has 5 N–H and O–H groups in total. The Labute approximate surface area is 92.1 Å². The average molecular weight is 229 g/mol. The van der Waals surface area contributed by atoms with Gasteiger partial charge in [0.25, 0.3) is 0 Å². The second-order valence-electron chi connectivity index (χ2n) is 3.38. The molecule has 2 atom stereocenters. The summed E-state index contributed by atoms with van der Waals surface area (Å²) < 4.78 is 0. The zero-order valence-corrected chi connectivity index (χ0v) is 8.83. The summed E-state index contributed by atoms with van der Waals surface area (Å²) in [6.45, 7) is 1.33. The molecule has 90 valence electrons. The van der Waals surface area contributed by atoms with Crippen LogP contribution in [0.25, 0.3) is 0 Å². The van der Waals surface area contributed by atoms with E-state index in [-0.39, 0.29) is 24.4 Å². The van der Waals surface area contributed by atoms with E-state index in [0.29, 0.717) is 5.82 Å². The van der Waals surface area contributed by atoms with Crippen molar-refractivity contribution in [3.8, 4) is 0 Å². The molecule has 1 heterocycles. The molecular formula is C9H15N3O4. The van der Waals surface area contributed by atoms with E-state index in [1.54, 1.807) is 6.92 Å². The van der Waals surface area contributed by atoms with Gasteiger partial charge in [0.05, 0.1) is 11.8 Å². The van der Waals surface area contributed by atoms with Gasteiger partial charge in [-0.2, -0.15) is 0 Å². The maximum absolute atomic E-state index is 9.64. The third-order valence-electron chi connectivity index (χ3n) is 2.18. The summed E-state index contributed by atoms with van der Waals surface area (Å²) >= 11 is 0. The number of hydrogen-bond acceptors (Lipinski definition) is 6. The first-order valence-electron chi connectivity index (χ1n) is 4.81. The molecule has 0 aliphatic carbocycles. The fraction of sp³-hybridized carbons (Fsp3) is 0.556. The van der Waals surface area contributed by atoms with Crippen LogP contribution >= 0.6 is 0 Å². The Kier molecular flexibility index (Phi) is 4.41. The Morgan fingerprint density at radius 3 is 2.81 bits per heavy atom. The van der Waals surface area contributed by atoms with Crippen molar-refractivity contribution in [1.82, 2.24) is 9.97 Å². The number of rotatable bonds is 5. The molecular weight excluding hydrogens is 214 g/mol. The summed E-state index contributed by atoms with van der Waals surface area (Å²) in [4.78, 5) is 6.65. The Bertz CT molecular complexity index is 363. The highest BCUT2D eigenvalue weighted by Gasteiger charge is 2.20. The zero-order valence-electron chi connectivity index (χ0n) is 8.83. The lowest BCUT2D eigenvalue weighted by Gasteiger charge is -2.14. The highest BCUT2D eigenvalue weighted by Crippen LogP contribution is 2.16. The van der Waals surface area contributed by atoms with E-state index >= 15 is 0 Å². The van der Waals surface area contributed by atoms with Gasteiger partial charge >= 0.3 is 0 Å². The molecule has 16 heavy (non-hydrogen) atoms. The Balaban J connectivity index is 2.77. The highest BCUT2D eigenvalue weighted by atomic mass is 16.4. The quantitative estimate of drug-likeness (QED) is 0.262. The van der Waals surface area contributed by atoms with Crippen molar-refractivity contribution in [3.63, 3.8) is 0 Å². The van der Waals surface area contributed by atoms with Crippen LogP contribution in [-0.2, 0) is 0 Å². The second kappa shape index (κ2) is 5.59. The molecule has 1 rings (SSSR count). The van der Waals surface area contributed by atoms with Crippen LogP contribution in [-0.4, -0.2) is 48.9 Å². The molecule has 0 fully saturated rings. The van der Waals surface area contributed by atoms with Crippen LogP contribution in [0.15, 0.2) is 11.4 Å². The molecule has 0 bridgehead atoms. The number of aliphatic hydroxyl groups excluding tert-OH is 3. The number of aromatic nitrogens is 2. The van der Waals surface area contributed by atoms with E-state index < -0.39 is 12.2 Å². The Hall–Kier alpha value is -1.44. The first-order chi connectivity index (χ1) is 7.60. The number of nitrogens with one attached hydrogen (secondary N) is 1. The zero-order chi connectivity index (χ0) is 12.1. The number of aromatic amines is 1. The minimum absolute atomic E-state index is 0.0659. The summed E-state index contributed by atoms with van der Waals surface area (Å²) in [5.74, 6) is 0.313. The molecule has 0 saturated heterocycles. The van der Waals surface area contributed by atoms with Crippen molar-refractivity contribution in [1.29, 1.82) is 0 Å². The number of H-pyrrole nitrogens is 1. The van der Waals surface area contributed by atoms with Gasteiger partial charge < -0.3 is 25.5 Å². The normalized spacial score (nSPS) is 16.1. The topological polar surface area (TPSA) is 122 Å². The van der Waals surface area contributed by atoms with Gasteiger partial charge in [0.2, 0.25) is 0 Å². The van der Waals surface area contributed by atoms with Crippen molar-refractivity contribution in [2.75, 3.05) is 6.61 Å². The fourth-order valence-electron chi connectivity index (χ4n) is 1.21. The van der Waals surface area contributed by atoms with Gasteiger partial charge in [0, 0.05) is 12.8 Å². The van der Waals surface area contributed by atoms with Crippen molar-refractivity contribution < 1.29 is 20.5 Å². The van der Waals surface area contributed by atoms with Gasteiger partial charge in [-0.25, -0.2) is 4.98 Å². The lowest BCUT2D eigenvalue weighted by molar-refractivity contribution is 0.00212. The van der Waals surface area contributed by atoms with Crippen LogP contribution in [0.5, 0.6) is 0 Å². The highest BCUT2D eigenvalue weighted by molar-refractivity contribution is 5.94. The molecule has 0 aromatic carbocycles. The number of nitrogens with zero attached hydrogens (tertiary/aromatic N) is 2. The first-order valence-corrected chi connectivity index (χ1v) is 4.81. The number of aliphatic hydroxyl groups is 3. The van der Waals surface area contributed by atoms with Gasteiger partial charge in [0.15, 0.2) is 5.82 Å². The van der Waals surface area contributed by atoms with E-state index in [0.717, 1.165) is 0 Å². The van der Waals surface area contributed by atoms with Crippen LogP contribution in [0.4, 0.5) is 0 Å². The number of hydrogen-bond donors (Lipinski definition) is 5. The monoisotopic (exact) mass is 229 g/mol. The summed E-state index contributed by atoms with van der Waals surface area (Å²) in [5, 5.41) is 39.2. The SMILES string of the molecule is C/C(=N\O)c1nc(C(O)C(O)CCO)c[nH]1. The van der Waals surface area contributed by atoms with Gasteiger partial charge in [-0.05, 0) is 13.3 Å². The van der Waals surface area contributed by atoms with Gasteiger partial charge in [-0.1, -0.05) is 5.16 Å². The lowest BCUT2D eigenvalue weighted by Crippen LogP contribution is -2.19. The average Bonchev–Trinajstić information content (AvgIpc) is 2.76. The largest absolute Gasteiger partial charge is 0.411 e. The minimum Gasteiger partial charge on any atom is -0.411 e. The molecule has 0 spiro atoms. The summed E-state index contributed by atoms with van der Waals surface area (Å²) in [6, 6.07) is 0. The van der Waals surface area contributed by atoms with Crippen LogP contribution in [0.1, 0.15) is 31.0 Å². The van der Waals surface area contributed by atoms with E-state index in [4.69, 9.17) is 10.3 Å². The fourth-order valence-corrected chi connectivity index (χ4v) is 1.21. The van der Waals surface area contributed by atoms with Crippen LogP contribution in [0.3, 0.4) is 0 Å². The molecule has 0 aliphatic heterocycles. The van der Waals surface area contributed by atoms with Crippen molar-refractivity contribution in [2.24, 2.45) is 5.16 Å². The van der Waals surface area contributed by atoms with E-state index in [1.165, 1.54) is 6.20 Å². The molecule has 7 heteroatoms. The van der Waals surface area contributed by atoms with E-state index in [1.807, 2.05) is 0 Å². The molecule has 0 radical (unpaired) electrons. The molecule has 0 aliphatic rings. The minimum atomic E-state index is -1.18. The predicted molar refractivity (Wildman–Crippen MR) is 55.3 cm³/mol. The molecule has 0 amide bonds. The van der Waals surface area contributed by atoms with Crippen LogP contribution in [0.2, 0.25) is 0 Å². The molecule has 1 aromatic heterocycles. The van der Waals surface area contributed by atoms with Crippen molar-refractivity contribution >= 4 is 5.71 Å². The Morgan fingerprint density at radius 2 is 2.25 bits per heavy atom. The molecule has 2 unspecified atom stereocenters. The molecule has 0 saturated carbocycles. The van der Waals surface area contributed by atoms with Crippen LogP contribution in [0, 0.1) is 0 Å². The predicted octanol–water partition coefficient (Wildman–Crippen LogP) is -0.615. The number of imidazole rings is 1. The second-order valence-corrected chi connectivity index (χ2v) is 3.38. The van der Waals surface area contributed by atoms with Crippen molar-refractivity contribution in [3.05, 3.63) is 17.7 Å². The van der Waals surface area contributed by atoms with Crippen molar-refractivity contribution in [2.45, 2.75) is 25.6 Å². The Morgan fingerprint density at radius 1 is 1.56 bits per heavy atom. The number of oxime groups is 1. The van der Waals surface area contributed by atoms with Gasteiger partial charge in [-0.3, -0.25) is 0 Å². The third-order valence-corrected chi connectivity index (χ3v) is 2.18. The van der Waals surface area contributed by atoms with Gasteiger partial charge in [0.1, 0.15) is 11.8 Å².